The van der Waals surface area contributed by atoms with E-state index in [1.54, 1.807) is 0 Å². The fraction of sp³-hybridized carbons (Fsp3) is 0.438. The van der Waals surface area contributed by atoms with Gasteiger partial charge in [-0.05, 0) is 43.9 Å². The molecule has 0 fully saturated rings. The summed E-state index contributed by atoms with van der Waals surface area (Å²) in [5.41, 5.74) is 4.66. The highest BCUT2D eigenvalue weighted by Gasteiger charge is 2.18. The van der Waals surface area contributed by atoms with Crippen LogP contribution in [0.2, 0.25) is 0 Å². The van der Waals surface area contributed by atoms with Gasteiger partial charge in [0.1, 0.15) is 11.3 Å². The summed E-state index contributed by atoms with van der Waals surface area (Å²) in [6, 6.07) is 3.31. The molecule has 0 atom stereocenters. The smallest absolute Gasteiger partial charge is 0.149 e. The molecule has 0 aliphatic heterocycles. The average Bonchev–Trinajstić information content (AvgIpc) is 2.33. The number of rotatable bonds is 3. The van der Waals surface area contributed by atoms with Gasteiger partial charge in [0.25, 0.3) is 0 Å². The molecule has 3 heteroatoms. The van der Waals surface area contributed by atoms with Gasteiger partial charge in [0.15, 0.2) is 0 Å². The van der Waals surface area contributed by atoms with Crippen molar-refractivity contribution in [2.24, 2.45) is 0 Å². The van der Waals surface area contributed by atoms with Crippen LogP contribution in [0.1, 0.15) is 43.5 Å². The number of nitrogens with zero attached hydrogens (tertiary/aromatic N) is 1. The van der Waals surface area contributed by atoms with Crippen LogP contribution in [0.4, 0.5) is 10.1 Å². The highest BCUT2D eigenvalue weighted by Crippen LogP contribution is 2.36. The molecular formula is C16H21FN2. The van der Waals surface area contributed by atoms with E-state index in [1.807, 2.05) is 19.9 Å². The number of hydrogen-bond acceptors (Lipinski definition) is 2. The summed E-state index contributed by atoms with van der Waals surface area (Å²) in [7, 11) is 0. The van der Waals surface area contributed by atoms with E-state index in [4.69, 9.17) is 0 Å². The maximum absolute atomic E-state index is 14.0. The van der Waals surface area contributed by atoms with Crippen LogP contribution >= 0.6 is 0 Å². The SMILES string of the molecule is CCNc1c(C(C)C)c(C)nc2c(F)ccc(C)c12. The number of aryl methyl sites for hydroxylation is 2. The third-order valence-corrected chi connectivity index (χ3v) is 3.46. The van der Waals surface area contributed by atoms with Crippen molar-refractivity contribution in [3.63, 3.8) is 0 Å². The number of anilines is 1. The number of benzene rings is 1. The molecule has 2 rings (SSSR count). The van der Waals surface area contributed by atoms with E-state index in [1.165, 1.54) is 11.6 Å². The van der Waals surface area contributed by atoms with Crippen molar-refractivity contribution in [2.75, 3.05) is 11.9 Å². The van der Waals surface area contributed by atoms with Crippen molar-refractivity contribution in [1.29, 1.82) is 0 Å². The first-order chi connectivity index (χ1) is 8.97. The molecular weight excluding hydrogens is 239 g/mol. The molecule has 0 spiro atoms. The van der Waals surface area contributed by atoms with E-state index in [0.29, 0.717) is 11.4 Å². The molecule has 0 aliphatic carbocycles. The van der Waals surface area contributed by atoms with Crippen LogP contribution in [0.15, 0.2) is 12.1 Å². The largest absolute Gasteiger partial charge is 0.384 e. The van der Waals surface area contributed by atoms with Gasteiger partial charge < -0.3 is 5.32 Å². The predicted molar refractivity (Wildman–Crippen MR) is 79.4 cm³/mol. The van der Waals surface area contributed by atoms with Crippen LogP contribution in [0.5, 0.6) is 0 Å². The van der Waals surface area contributed by atoms with Crippen LogP contribution in [-0.2, 0) is 0 Å². The maximum atomic E-state index is 14.0. The molecule has 0 bridgehead atoms. The minimum absolute atomic E-state index is 0.252. The highest BCUT2D eigenvalue weighted by atomic mass is 19.1. The van der Waals surface area contributed by atoms with E-state index >= 15 is 0 Å². The lowest BCUT2D eigenvalue weighted by molar-refractivity contribution is 0.636. The zero-order chi connectivity index (χ0) is 14.2. The molecule has 2 aromatic rings. The van der Waals surface area contributed by atoms with Crippen molar-refractivity contribution in [1.82, 2.24) is 4.98 Å². The monoisotopic (exact) mass is 260 g/mol. The number of pyridine rings is 1. The summed E-state index contributed by atoms with van der Waals surface area (Å²) in [5, 5.41) is 4.32. The summed E-state index contributed by atoms with van der Waals surface area (Å²) in [6.07, 6.45) is 0. The zero-order valence-corrected chi connectivity index (χ0v) is 12.3. The molecule has 0 saturated heterocycles. The number of halogens is 1. The van der Waals surface area contributed by atoms with E-state index in [2.05, 4.69) is 31.1 Å². The van der Waals surface area contributed by atoms with E-state index < -0.39 is 0 Å². The van der Waals surface area contributed by atoms with Gasteiger partial charge in [-0.25, -0.2) is 9.37 Å². The molecule has 0 radical (unpaired) electrons. The molecule has 0 unspecified atom stereocenters. The summed E-state index contributed by atoms with van der Waals surface area (Å²) in [4.78, 5) is 4.49. The van der Waals surface area contributed by atoms with Crippen LogP contribution in [0, 0.1) is 19.7 Å². The van der Waals surface area contributed by atoms with Crippen LogP contribution in [0.25, 0.3) is 10.9 Å². The van der Waals surface area contributed by atoms with Crippen LogP contribution < -0.4 is 5.32 Å². The maximum Gasteiger partial charge on any atom is 0.149 e. The fourth-order valence-corrected chi connectivity index (χ4v) is 2.70. The first kappa shape index (κ1) is 13.8. The summed E-state index contributed by atoms with van der Waals surface area (Å²) in [5.74, 6) is 0.103. The molecule has 1 aromatic carbocycles. The Bertz CT molecular complexity index is 618. The minimum Gasteiger partial charge on any atom is -0.384 e. The van der Waals surface area contributed by atoms with E-state index in [0.717, 1.165) is 28.9 Å². The van der Waals surface area contributed by atoms with Gasteiger partial charge in [-0.1, -0.05) is 19.9 Å². The van der Waals surface area contributed by atoms with Gasteiger partial charge in [-0.2, -0.15) is 0 Å². The Kier molecular flexibility index (Phi) is 3.74. The van der Waals surface area contributed by atoms with E-state index in [-0.39, 0.29) is 5.82 Å². The van der Waals surface area contributed by atoms with Gasteiger partial charge in [0.05, 0.1) is 0 Å². The normalized spacial score (nSPS) is 11.3. The summed E-state index contributed by atoms with van der Waals surface area (Å²) >= 11 is 0. The molecule has 1 heterocycles. The molecule has 0 amide bonds. The Morgan fingerprint density at radius 1 is 1.26 bits per heavy atom. The number of aromatic nitrogens is 1. The molecule has 19 heavy (non-hydrogen) atoms. The second kappa shape index (κ2) is 5.16. The summed E-state index contributed by atoms with van der Waals surface area (Å²) < 4.78 is 14.0. The third-order valence-electron chi connectivity index (χ3n) is 3.46. The quantitative estimate of drug-likeness (QED) is 0.876. The Hall–Kier alpha value is -1.64. The standard InChI is InChI=1S/C16H21FN2/c1-6-18-16-13(9(2)3)11(5)19-15-12(17)8-7-10(4)14(15)16/h7-9H,6H2,1-5H3,(H,18,19). The topological polar surface area (TPSA) is 24.9 Å². The van der Waals surface area contributed by atoms with Gasteiger partial charge in [0, 0.05) is 23.3 Å². The van der Waals surface area contributed by atoms with Gasteiger partial charge in [-0.15, -0.1) is 0 Å². The van der Waals surface area contributed by atoms with Crippen molar-refractivity contribution >= 4 is 16.6 Å². The van der Waals surface area contributed by atoms with Crippen molar-refractivity contribution in [2.45, 2.75) is 40.5 Å². The molecule has 102 valence electrons. The van der Waals surface area contributed by atoms with Crippen molar-refractivity contribution in [3.8, 4) is 0 Å². The Balaban J connectivity index is 2.94. The van der Waals surface area contributed by atoms with Crippen molar-refractivity contribution < 1.29 is 4.39 Å². The lowest BCUT2D eigenvalue weighted by atomic mass is 9.95. The summed E-state index contributed by atoms with van der Waals surface area (Å²) in [6.45, 7) is 11.1. The second-order valence-electron chi connectivity index (χ2n) is 5.26. The number of fused-ring (bicyclic) bond motifs is 1. The predicted octanol–water partition coefficient (Wildman–Crippen LogP) is 4.55. The second-order valence-corrected chi connectivity index (χ2v) is 5.26. The van der Waals surface area contributed by atoms with Crippen LogP contribution in [-0.4, -0.2) is 11.5 Å². The van der Waals surface area contributed by atoms with Crippen molar-refractivity contribution in [3.05, 3.63) is 34.8 Å². The molecule has 0 aliphatic rings. The number of hydrogen-bond donors (Lipinski definition) is 1. The van der Waals surface area contributed by atoms with Crippen LogP contribution in [0.3, 0.4) is 0 Å². The lowest BCUT2D eigenvalue weighted by Crippen LogP contribution is -2.08. The Morgan fingerprint density at radius 2 is 1.95 bits per heavy atom. The van der Waals surface area contributed by atoms with E-state index in [9.17, 15) is 4.39 Å². The first-order valence-corrected chi connectivity index (χ1v) is 6.80. The third kappa shape index (κ3) is 2.29. The highest BCUT2D eigenvalue weighted by molar-refractivity contribution is 5.96. The Morgan fingerprint density at radius 3 is 2.53 bits per heavy atom. The molecule has 2 nitrogen and oxygen atoms in total. The Labute approximate surface area is 114 Å². The fourth-order valence-electron chi connectivity index (χ4n) is 2.70. The minimum atomic E-state index is -0.252. The molecule has 1 N–H and O–H groups in total. The van der Waals surface area contributed by atoms with Gasteiger partial charge in [0.2, 0.25) is 0 Å². The first-order valence-electron chi connectivity index (χ1n) is 6.80. The molecule has 0 saturated carbocycles. The number of nitrogens with one attached hydrogen (secondary N) is 1. The van der Waals surface area contributed by atoms with Gasteiger partial charge in [-0.3, -0.25) is 0 Å². The molecule has 1 aromatic heterocycles. The zero-order valence-electron chi connectivity index (χ0n) is 12.3. The lowest BCUT2D eigenvalue weighted by Gasteiger charge is -2.20. The average molecular weight is 260 g/mol. The van der Waals surface area contributed by atoms with Gasteiger partial charge >= 0.3 is 0 Å².